The summed E-state index contributed by atoms with van der Waals surface area (Å²) in [4.78, 5) is 16.7. The molecular formula is C29H35NO4. The molecule has 5 nitrogen and oxygen atoms in total. The summed E-state index contributed by atoms with van der Waals surface area (Å²) in [5.41, 5.74) is 3.33. The first-order chi connectivity index (χ1) is 16.5. The van der Waals surface area contributed by atoms with E-state index in [9.17, 15) is 4.79 Å². The second kappa shape index (κ2) is 8.21. The highest BCUT2D eigenvalue weighted by atomic mass is 16.5. The molecule has 4 saturated carbocycles. The van der Waals surface area contributed by atoms with Gasteiger partial charge < -0.3 is 19.1 Å². The number of carbonyl (C=O) groups excluding carboxylic acids is 1. The highest BCUT2D eigenvalue weighted by Gasteiger charge is 2.56. The van der Waals surface area contributed by atoms with Crippen LogP contribution < -0.4 is 14.2 Å². The minimum atomic E-state index is -0.159. The maximum Gasteiger partial charge on any atom is 0.229 e. The van der Waals surface area contributed by atoms with Crippen molar-refractivity contribution in [3.63, 3.8) is 0 Å². The number of benzene rings is 2. The Kier molecular flexibility index (Phi) is 5.27. The first-order valence-electron chi connectivity index (χ1n) is 12.7. The van der Waals surface area contributed by atoms with Crippen LogP contribution in [0.3, 0.4) is 0 Å². The Morgan fingerprint density at radius 2 is 1.44 bits per heavy atom. The van der Waals surface area contributed by atoms with Gasteiger partial charge in [-0.25, -0.2) is 0 Å². The second-order valence-electron chi connectivity index (χ2n) is 11.0. The second-order valence-corrected chi connectivity index (χ2v) is 11.0. The first-order valence-corrected chi connectivity index (χ1v) is 12.7. The van der Waals surface area contributed by atoms with Crippen molar-refractivity contribution < 1.29 is 19.0 Å². The summed E-state index contributed by atoms with van der Waals surface area (Å²) < 4.78 is 16.7. The molecule has 0 radical (unpaired) electrons. The van der Waals surface area contributed by atoms with Gasteiger partial charge in [-0.2, -0.15) is 0 Å². The van der Waals surface area contributed by atoms with Gasteiger partial charge in [0.2, 0.25) is 5.91 Å². The van der Waals surface area contributed by atoms with Crippen LogP contribution in [0.4, 0.5) is 0 Å². The molecule has 1 heterocycles. The summed E-state index contributed by atoms with van der Waals surface area (Å²) in [6.45, 7) is 0.736. The zero-order valence-electron chi connectivity index (χ0n) is 20.5. The number of rotatable bonds is 5. The van der Waals surface area contributed by atoms with E-state index in [0.717, 1.165) is 72.6 Å². The van der Waals surface area contributed by atoms with E-state index in [2.05, 4.69) is 29.2 Å². The fourth-order valence-electron chi connectivity index (χ4n) is 7.99. The number of ether oxygens (including phenoxy) is 3. The third kappa shape index (κ3) is 3.38. The van der Waals surface area contributed by atoms with E-state index in [1.165, 1.54) is 24.8 Å². The SMILES string of the molecule is COc1ccc([C@@H]2c3cc(OC)c(OC)cc3CCN2C(=O)C23CC4CC(CC(C4)C2)C3)cc1. The number of carbonyl (C=O) groups is 1. The number of fused-ring (bicyclic) bond motifs is 1. The van der Waals surface area contributed by atoms with Crippen LogP contribution in [0.15, 0.2) is 36.4 Å². The summed E-state index contributed by atoms with van der Waals surface area (Å²) in [7, 11) is 5.04. The molecule has 180 valence electrons. The van der Waals surface area contributed by atoms with E-state index in [0.29, 0.717) is 11.7 Å². The van der Waals surface area contributed by atoms with Gasteiger partial charge in [0.05, 0.1) is 32.8 Å². The third-order valence-electron chi connectivity index (χ3n) is 9.06. The van der Waals surface area contributed by atoms with Crippen molar-refractivity contribution in [2.75, 3.05) is 27.9 Å². The van der Waals surface area contributed by atoms with Crippen LogP contribution in [0.2, 0.25) is 0 Å². The van der Waals surface area contributed by atoms with Crippen molar-refractivity contribution in [1.82, 2.24) is 4.90 Å². The largest absolute Gasteiger partial charge is 0.497 e. The molecule has 1 amide bonds. The van der Waals surface area contributed by atoms with Crippen LogP contribution >= 0.6 is 0 Å². The zero-order valence-corrected chi connectivity index (χ0v) is 20.5. The van der Waals surface area contributed by atoms with Gasteiger partial charge in [0, 0.05) is 6.54 Å². The normalized spacial score (nSPS) is 31.2. The van der Waals surface area contributed by atoms with Gasteiger partial charge in [-0.3, -0.25) is 4.79 Å². The van der Waals surface area contributed by atoms with Gasteiger partial charge >= 0.3 is 0 Å². The lowest BCUT2D eigenvalue weighted by molar-refractivity contribution is -0.159. The van der Waals surface area contributed by atoms with E-state index in [-0.39, 0.29) is 11.5 Å². The molecule has 2 aromatic rings. The number of methoxy groups -OCH3 is 3. The van der Waals surface area contributed by atoms with E-state index in [4.69, 9.17) is 14.2 Å². The van der Waals surface area contributed by atoms with Crippen LogP contribution in [0.25, 0.3) is 0 Å². The van der Waals surface area contributed by atoms with E-state index in [1.54, 1.807) is 21.3 Å². The van der Waals surface area contributed by atoms with Gasteiger partial charge in [0.15, 0.2) is 11.5 Å². The molecule has 0 N–H and O–H groups in total. The average Bonchev–Trinajstić information content (AvgIpc) is 2.86. The molecule has 4 bridgehead atoms. The third-order valence-corrected chi connectivity index (χ3v) is 9.06. The van der Waals surface area contributed by atoms with Gasteiger partial charge in [-0.15, -0.1) is 0 Å². The fraction of sp³-hybridized carbons (Fsp3) is 0.552. The molecule has 7 rings (SSSR count). The Balaban J connectivity index is 1.43. The predicted octanol–water partition coefficient (Wildman–Crippen LogP) is 5.40. The minimum Gasteiger partial charge on any atom is -0.497 e. The summed E-state index contributed by atoms with van der Waals surface area (Å²) >= 11 is 0. The summed E-state index contributed by atoms with van der Waals surface area (Å²) in [6.07, 6.45) is 8.12. The topological polar surface area (TPSA) is 48.0 Å². The highest BCUT2D eigenvalue weighted by molar-refractivity contribution is 5.84. The number of nitrogens with zero attached hydrogens (tertiary/aromatic N) is 1. The van der Waals surface area contributed by atoms with Crippen molar-refractivity contribution in [1.29, 1.82) is 0 Å². The molecule has 1 aliphatic heterocycles. The van der Waals surface area contributed by atoms with Gasteiger partial charge in [0.25, 0.3) is 0 Å². The highest BCUT2D eigenvalue weighted by Crippen LogP contribution is 2.61. The average molecular weight is 462 g/mol. The van der Waals surface area contributed by atoms with Crippen LogP contribution in [-0.2, 0) is 11.2 Å². The number of hydrogen-bond acceptors (Lipinski definition) is 4. The number of hydrogen-bond donors (Lipinski definition) is 0. The van der Waals surface area contributed by atoms with Gasteiger partial charge in [-0.05, 0) is 104 Å². The molecule has 1 atom stereocenters. The Morgan fingerprint density at radius 1 is 0.853 bits per heavy atom. The minimum absolute atomic E-state index is 0.130. The summed E-state index contributed by atoms with van der Waals surface area (Å²) in [5.74, 6) is 4.90. The molecule has 34 heavy (non-hydrogen) atoms. The van der Waals surface area contributed by atoms with Gasteiger partial charge in [0.1, 0.15) is 5.75 Å². The van der Waals surface area contributed by atoms with Gasteiger partial charge in [-0.1, -0.05) is 12.1 Å². The number of amides is 1. The molecule has 5 heteroatoms. The van der Waals surface area contributed by atoms with Crippen LogP contribution in [0.5, 0.6) is 17.2 Å². The van der Waals surface area contributed by atoms with Crippen molar-refractivity contribution in [3.8, 4) is 17.2 Å². The summed E-state index contributed by atoms with van der Waals surface area (Å²) in [5, 5.41) is 0. The summed E-state index contributed by atoms with van der Waals surface area (Å²) in [6, 6.07) is 12.3. The van der Waals surface area contributed by atoms with E-state index in [1.807, 2.05) is 12.1 Å². The lowest BCUT2D eigenvalue weighted by atomic mass is 9.49. The molecule has 0 unspecified atom stereocenters. The Morgan fingerprint density at radius 3 is 2.00 bits per heavy atom. The standard InChI is InChI=1S/C29H35NO4/c1-32-23-6-4-21(5-7-23)27-24-14-26(34-3)25(33-2)13-22(24)8-9-30(27)28(31)29-15-18-10-19(16-29)12-20(11-18)17-29/h4-7,13-14,18-20,27H,8-12,15-17H2,1-3H3/t18?,19?,20?,27-,29?/m1/s1. The fourth-order valence-corrected chi connectivity index (χ4v) is 7.99. The van der Waals surface area contributed by atoms with E-state index >= 15 is 0 Å². The first kappa shape index (κ1) is 21.8. The quantitative estimate of drug-likeness (QED) is 0.598. The van der Waals surface area contributed by atoms with Crippen molar-refractivity contribution in [3.05, 3.63) is 53.1 Å². The van der Waals surface area contributed by atoms with Crippen molar-refractivity contribution in [2.45, 2.75) is 51.0 Å². The van der Waals surface area contributed by atoms with Crippen molar-refractivity contribution >= 4 is 5.91 Å². The van der Waals surface area contributed by atoms with Crippen LogP contribution in [0, 0.1) is 23.2 Å². The molecule has 5 aliphatic rings. The Hall–Kier alpha value is -2.69. The van der Waals surface area contributed by atoms with Crippen LogP contribution in [-0.4, -0.2) is 38.7 Å². The molecule has 4 fully saturated rings. The Labute approximate surface area is 202 Å². The maximum atomic E-state index is 14.5. The van der Waals surface area contributed by atoms with E-state index < -0.39 is 0 Å². The predicted molar refractivity (Wildman–Crippen MR) is 130 cm³/mol. The van der Waals surface area contributed by atoms with Crippen LogP contribution in [0.1, 0.15) is 61.3 Å². The monoisotopic (exact) mass is 461 g/mol. The lowest BCUT2D eigenvalue weighted by Gasteiger charge is -2.57. The molecule has 0 aromatic heterocycles. The van der Waals surface area contributed by atoms with Crippen molar-refractivity contribution in [2.24, 2.45) is 23.2 Å². The molecule has 0 spiro atoms. The smallest absolute Gasteiger partial charge is 0.229 e. The molecule has 2 aromatic carbocycles. The molecule has 4 aliphatic carbocycles. The maximum absolute atomic E-state index is 14.5. The Bertz CT molecular complexity index is 1060. The lowest BCUT2D eigenvalue weighted by Crippen LogP contribution is -2.56. The molecular weight excluding hydrogens is 426 g/mol. The molecule has 0 saturated heterocycles. The zero-order chi connectivity index (χ0) is 23.4.